The van der Waals surface area contributed by atoms with Crippen LogP contribution < -0.4 is 10.6 Å². The fraction of sp³-hybridized carbons (Fsp3) is 0.368. The number of rotatable bonds is 8. The van der Waals surface area contributed by atoms with Gasteiger partial charge in [-0.15, -0.1) is 24.0 Å². The van der Waals surface area contributed by atoms with Crippen molar-refractivity contribution in [2.24, 2.45) is 4.99 Å². The van der Waals surface area contributed by atoms with E-state index in [1.54, 1.807) is 12.4 Å². The summed E-state index contributed by atoms with van der Waals surface area (Å²) in [5, 5.41) is 10.8. The van der Waals surface area contributed by atoms with Gasteiger partial charge in [0.2, 0.25) is 0 Å². The molecule has 0 spiro atoms. The van der Waals surface area contributed by atoms with Gasteiger partial charge in [0.25, 0.3) is 0 Å². The van der Waals surface area contributed by atoms with E-state index < -0.39 is 0 Å². The van der Waals surface area contributed by atoms with E-state index in [9.17, 15) is 0 Å². The second-order valence-corrected chi connectivity index (χ2v) is 6.11. The minimum absolute atomic E-state index is 0. The molecule has 3 aromatic heterocycles. The van der Waals surface area contributed by atoms with Crippen molar-refractivity contribution in [1.29, 1.82) is 0 Å². The molecule has 0 aliphatic heterocycles. The number of halogens is 1. The molecule has 0 atom stereocenters. The molecule has 0 aliphatic carbocycles. The zero-order chi connectivity index (χ0) is 18.9. The normalized spacial score (nSPS) is 11.1. The number of aryl methyl sites for hydroxylation is 2. The molecule has 0 bridgehead atoms. The maximum absolute atomic E-state index is 4.64. The molecule has 0 aliphatic rings. The zero-order valence-corrected chi connectivity index (χ0v) is 18.6. The summed E-state index contributed by atoms with van der Waals surface area (Å²) < 4.78 is 3.89. The molecule has 0 amide bonds. The van der Waals surface area contributed by atoms with Crippen LogP contribution in [-0.2, 0) is 13.1 Å². The maximum Gasteiger partial charge on any atom is 0.191 e. The summed E-state index contributed by atoms with van der Waals surface area (Å²) in [5.74, 6) is 2.59. The van der Waals surface area contributed by atoms with Crippen LogP contribution in [-0.4, -0.2) is 43.4 Å². The van der Waals surface area contributed by atoms with Gasteiger partial charge in [0.1, 0.15) is 11.6 Å². The Hall–Kier alpha value is -2.43. The lowest BCUT2D eigenvalue weighted by Gasteiger charge is -2.11. The van der Waals surface area contributed by atoms with Crippen molar-refractivity contribution in [1.82, 2.24) is 34.9 Å². The molecule has 28 heavy (non-hydrogen) atoms. The Balaban J connectivity index is 0.00000280. The topological polar surface area (TPSA) is 85.0 Å². The fourth-order valence-corrected chi connectivity index (χ4v) is 2.67. The molecule has 8 nitrogen and oxygen atoms in total. The highest BCUT2D eigenvalue weighted by Crippen LogP contribution is 2.09. The van der Waals surface area contributed by atoms with E-state index in [2.05, 4.69) is 37.6 Å². The third-order valence-electron chi connectivity index (χ3n) is 4.06. The molecule has 0 radical (unpaired) electrons. The number of hydrogen-bond acceptors (Lipinski definition) is 4. The van der Waals surface area contributed by atoms with E-state index in [0.29, 0.717) is 6.54 Å². The zero-order valence-electron chi connectivity index (χ0n) is 16.2. The first-order chi connectivity index (χ1) is 13.3. The van der Waals surface area contributed by atoms with E-state index in [4.69, 9.17) is 0 Å². The number of pyridine rings is 1. The van der Waals surface area contributed by atoms with Crippen molar-refractivity contribution in [3.8, 4) is 5.82 Å². The highest BCUT2D eigenvalue weighted by Gasteiger charge is 2.02. The Morgan fingerprint density at radius 2 is 2.04 bits per heavy atom. The molecule has 0 unspecified atom stereocenters. The summed E-state index contributed by atoms with van der Waals surface area (Å²) in [4.78, 5) is 13.4. The van der Waals surface area contributed by atoms with Crippen molar-refractivity contribution >= 4 is 29.9 Å². The lowest BCUT2D eigenvalue weighted by atomic mass is 10.3. The van der Waals surface area contributed by atoms with Gasteiger partial charge >= 0.3 is 0 Å². The summed E-state index contributed by atoms with van der Waals surface area (Å²) in [6.07, 6.45) is 10.3. The van der Waals surface area contributed by atoms with Crippen LogP contribution in [0, 0.1) is 6.92 Å². The van der Waals surface area contributed by atoms with Crippen LogP contribution in [0.2, 0.25) is 0 Å². The largest absolute Gasteiger partial charge is 0.357 e. The monoisotopic (exact) mass is 494 g/mol. The fourth-order valence-electron chi connectivity index (χ4n) is 2.67. The molecule has 2 N–H and O–H groups in total. The van der Waals surface area contributed by atoms with E-state index in [1.807, 2.05) is 53.0 Å². The lowest BCUT2D eigenvalue weighted by molar-refractivity contribution is 0.570. The van der Waals surface area contributed by atoms with E-state index in [-0.39, 0.29) is 24.0 Å². The predicted octanol–water partition coefficient (Wildman–Crippen LogP) is 2.54. The second-order valence-electron chi connectivity index (χ2n) is 6.11. The van der Waals surface area contributed by atoms with Crippen molar-refractivity contribution in [3.05, 3.63) is 60.6 Å². The Morgan fingerprint density at radius 1 is 1.14 bits per heavy atom. The number of hydrogen-bond donors (Lipinski definition) is 2. The third-order valence-corrected chi connectivity index (χ3v) is 4.06. The molecule has 150 valence electrons. The second kappa shape index (κ2) is 11.4. The first-order valence-electron chi connectivity index (χ1n) is 9.21. The molecule has 0 saturated carbocycles. The summed E-state index contributed by atoms with van der Waals surface area (Å²) in [6.45, 7) is 7.14. The van der Waals surface area contributed by atoms with Crippen LogP contribution in [0.1, 0.15) is 24.7 Å². The van der Waals surface area contributed by atoms with Gasteiger partial charge in [-0.05, 0) is 38.0 Å². The van der Waals surface area contributed by atoms with Gasteiger partial charge in [-0.25, -0.2) is 15.0 Å². The average Bonchev–Trinajstić information content (AvgIpc) is 3.35. The van der Waals surface area contributed by atoms with Crippen LogP contribution in [0.3, 0.4) is 0 Å². The van der Waals surface area contributed by atoms with Crippen molar-refractivity contribution in [3.63, 3.8) is 0 Å². The van der Waals surface area contributed by atoms with Gasteiger partial charge in [0, 0.05) is 50.6 Å². The highest BCUT2D eigenvalue weighted by molar-refractivity contribution is 14.0. The Morgan fingerprint density at radius 3 is 2.68 bits per heavy atom. The summed E-state index contributed by atoms with van der Waals surface area (Å²) in [6, 6.07) is 5.98. The van der Waals surface area contributed by atoms with Crippen LogP contribution in [0.4, 0.5) is 0 Å². The molecule has 3 rings (SSSR count). The van der Waals surface area contributed by atoms with Gasteiger partial charge in [0.05, 0.1) is 6.54 Å². The number of nitrogens with zero attached hydrogens (tertiary/aromatic N) is 6. The van der Waals surface area contributed by atoms with E-state index >= 15 is 0 Å². The van der Waals surface area contributed by atoms with Crippen LogP contribution in [0.5, 0.6) is 0 Å². The van der Waals surface area contributed by atoms with Crippen molar-refractivity contribution in [2.75, 3.05) is 13.1 Å². The van der Waals surface area contributed by atoms with Crippen LogP contribution in [0.25, 0.3) is 5.82 Å². The highest BCUT2D eigenvalue weighted by atomic mass is 127. The maximum atomic E-state index is 4.64. The molecule has 3 aromatic rings. The first-order valence-corrected chi connectivity index (χ1v) is 9.21. The van der Waals surface area contributed by atoms with Gasteiger partial charge in [-0.3, -0.25) is 9.25 Å². The third kappa shape index (κ3) is 6.32. The lowest BCUT2D eigenvalue weighted by Crippen LogP contribution is -2.38. The predicted molar refractivity (Wildman–Crippen MR) is 121 cm³/mol. The molecule has 3 heterocycles. The van der Waals surface area contributed by atoms with Crippen molar-refractivity contribution in [2.45, 2.75) is 33.4 Å². The summed E-state index contributed by atoms with van der Waals surface area (Å²) in [5.41, 5.74) is 1.06. The van der Waals surface area contributed by atoms with Gasteiger partial charge in [0.15, 0.2) is 5.96 Å². The van der Waals surface area contributed by atoms with Gasteiger partial charge in [-0.2, -0.15) is 5.10 Å². The molecule has 0 fully saturated rings. The number of guanidine groups is 1. The first kappa shape index (κ1) is 21.9. The molecule has 0 saturated heterocycles. The summed E-state index contributed by atoms with van der Waals surface area (Å²) in [7, 11) is 0. The Kier molecular flexibility index (Phi) is 8.92. The summed E-state index contributed by atoms with van der Waals surface area (Å²) >= 11 is 0. The Bertz CT molecular complexity index is 839. The minimum Gasteiger partial charge on any atom is -0.357 e. The molecular formula is C19H27IN8. The van der Waals surface area contributed by atoms with E-state index in [0.717, 1.165) is 49.2 Å². The molecule has 0 aromatic carbocycles. The standard InChI is InChI=1S/C19H26N8.HI/c1-3-20-19(22-8-4-11-26-12-5-9-25-26)24-15-17-6-7-18(23-14-17)27-13-10-21-16(27)2;/h5-7,9-10,12-14H,3-4,8,11,15H2,1-2H3,(H2,20,22,24);1H. The number of aliphatic imine (C=N–C) groups is 1. The van der Waals surface area contributed by atoms with Crippen LogP contribution in [0.15, 0.2) is 54.2 Å². The van der Waals surface area contributed by atoms with E-state index in [1.165, 1.54) is 0 Å². The van der Waals surface area contributed by atoms with Gasteiger partial charge < -0.3 is 10.6 Å². The average molecular weight is 494 g/mol. The number of imidazole rings is 1. The quantitative estimate of drug-likeness (QED) is 0.218. The smallest absolute Gasteiger partial charge is 0.191 e. The van der Waals surface area contributed by atoms with Crippen molar-refractivity contribution < 1.29 is 0 Å². The number of nitrogens with one attached hydrogen (secondary N) is 2. The van der Waals surface area contributed by atoms with Gasteiger partial charge in [-0.1, -0.05) is 6.07 Å². The SMILES string of the molecule is CCNC(=NCc1ccc(-n2ccnc2C)nc1)NCCCn1cccn1.I. The minimum atomic E-state index is 0. The number of aromatic nitrogens is 5. The molecule has 9 heteroatoms. The Labute approximate surface area is 182 Å². The van der Waals surface area contributed by atoms with Crippen LogP contribution >= 0.6 is 24.0 Å². The molecular weight excluding hydrogens is 467 g/mol.